The van der Waals surface area contributed by atoms with Gasteiger partial charge in [0.2, 0.25) is 0 Å². The van der Waals surface area contributed by atoms with Crippen LogP contribution in [0.25, 0.3) is 0 Å². The first-order valence-electron chi connectivity index (χ1n) is 8.98. The summed E-state index contributed by atoms with van der Waals surface area (Å²) in [5.41, 5.74) is 0. The topological polar surface area (TPSA) is 52.6 Å². The molecule has 0 spiro atoms. The second kappa shape index (κ2) is 13.9. The molecule has 0 aromatic heterocycles. The van der Waals surface area contributed by atoms with Gasteiger partial charge in [-0.1, -0.05) is 32.1 Å². The van der Waals surface area contributed by atoms with Gasteiger partial charge in [-0.3, -0.25) is 9.59 Å². The van der Waals surface area contributed by atoms with E-state index in [1.54, 1.807) is 0 Å². The Hall–Kier alpha value is -0.740. The smallest absolute Gasteiger partial charge is 0.135 e. The van der Waals surface area contributed by atoms with Gasteiger partial charge in [0.1, 0.15) is 11.6 Å². The first-order valence-corrected chi connectivity index (χ1v) is 8.98. The number of rotatable bonds is 0. The molecule has 1 aliphatic heterocycles. The van der Waals surface area contributed by atoms with Crippen molar-refractivity contribution in [3.63, 3.8) is 0 Å². The fourth-order valence-electron chi connectivity index (χ4n) is 2.66. The van der Waals surface area contributed by atoms with E-state index in [0.29, 0.717) is 57.3 Å². The van der Waals surface area contributed by atoms with E-state index in [4.69, 9.17) is 9.47 Å². The lowest BCUT2D eigenvalue weighted by Crippen LogP contribution is -2.10. The number of Topliss-reactive ketones (excluding diaryl/α,β-unsaturated/α-hetero) is 2. The summed E-state index contributed by atoms with van der Waals surface area (Å²) in [6.07, 6.45) is 11.3. The molecular formula is C18H32O4. The van der Waals surface area contributed by atoms with E-state index in [2.05, 4.69) is 0 Å². The number of hydrogen-bond donors (Lipinski definition) is 0. The molecule has 0 saturated carbocycles. The highest BCUT2D eigenvalue weighted by atomic mass is 16.5. The number of hydrogen-bond acceptors (Lipinski definition) is 4. The van der Waals surface area contributed by atoms with Crippen molar-refractivity contribution >= 4 is 11.6 Å². The van der Waals surface area contributed by atoms with E-state index in [1.165, 1.54) is 19.3 Å². The summed E-state index contributed by atoms with van der Waals surface area (Å²) >= 11 is 0. The second-order valence-electron chi connectivity index (χ2n) is 6.13. The highest BCUT2D eigenvalue weighted by Crippen LogP contribution is 2.11. The normalized spacial score (nSPS) is 23.1. The monoisotopic (exact) mass is 312 g/mol. The molecule has 0 aliphatic carbocycles. The zero-order valence-electron chi connectivity index (χ0n) is 13.9. The van der Waals surface area contributed by atoms with Crippen LogP contribution >= 0.6 is 0 Å². The van der Waals surface area contributed by atoms with Gasteiger partial charge < -0.3 is 9.47 Å². The second-order valence-corrected chi connectivity index (χ2v) is 6.13. The lowest BCUT2D eigenvalue weighted by Gasteiger charge is -2.07. The van der Waals surface area contributed by atoms with E-state index in [0.717, 1.165) is 38.5 Å². The Morgan fingerprint density at radius 1 is 0.455 bits per heavy atom. The van der Waals surface area contributed by atoms with Gasteiger partial charge in [0.05, 0.1) is 19.8 Å². The van der Waals surface area contributed by atoms with Crippen molar-refractivity contribution in [2.45, 2.75) is 77.0 Å². The van der Waals surface area contributed by atoms with Crippen molar-refractivity contribution in [1.82, 2.24) is 0 Å². The molecule has 0 atom stereocenters. The van der Waals surface area contributed by atoms with E-state index in [1.807, 2.05) is 0 Å². The molecule has 1 fully saturated rings. The number of carbonyl (C=O) groups is 2. The fraction of sp³-hybridized carbons (Fsp3) is 0.889. The van der Waals surface area contributed by atoms with Crippen molar-refractivity contribution in [2.75, 3.05) is 26.4 Å². The molecule has 0 bridgehead atoms. The molecule has 0 N–H and O–H groups in total. The van der Waals surface area contributed by atoms with Gasteiger partial charge in [0.15, 0.2) is 0 Å². The van der Waals surface area contributed by atoms with Crippen LogP contribution in [-0.2, 0) is 19.1 Å². The Balaban J connectivity index is 2.17. The van der Waals surface area contributed by atoms with E-state index < -0.39 is 0 Å². The van der Waals surface area contributed by atoms with Gasteiger partial charge in [-0.25, -0.2) is 0 Å². The molecule has 0 radical (unpaired) electrons. The summed E-state index contributed by atoms with van der Waals surface area (Å²) in [6, 6.07) is 0. The van der Waals surface area contributed by atoms with E-state index in [-0.39, 0.29) is 0 Å². The highest BCUT2D eigenvalue weighted by molar-refractivity contribution is 5.78. The zero-order chi connectivity index (χ0) is 15.9. The molecular weight excluding hydrogens is 280 g/mol. The van der Waals surface area contributed by atoms with Crippen LogP contribution in [0.3, 0.4) is 0 Å². The number of ketones is 2. The average molecular weight is 312 g/mol. The van der Waals surface area contributed by atoms with Crippen LogP contribution in [0.15, 0.2) is 0 Å². The molecule has 0 unspecified atom stereocenters. The van der Waals surface area contributed by atoms with Crippen molar-refractivity contribution in [3.05, 3.63) is 0 Å². The average Bonchev–Trinajstić information content (AvgIpc) is 2.50. The summed E-state index contributed by atoms with van der Waals surface area (Å²) in [7, 11) is 0. The van der Waals surface area contributed by atoms with Crippen molar-refractivity contribution in [1.29, 1.82) is 0 Å². The third-order valence-corrected chi connectivity index (χ3v) is 4.05. The summed E-state index contributed by atoms with van der Waals surface area (Å²) in [5, 5.41) is 0. The van der Waals surface area contributed by atoms with Gasteiger partial charge in [-0.05, 0) is 19.3 Å². The first-order chi connectivity index (χ1) is 10.8. The molecule has 128 valence electrons. The van der Waals surface area contributed by atoms with E-state index in [9.17, 15) is 9.59 Å². The van der Waals surface area contributed by atoms with Crippen molar-refractivity contribution < 1.29 is 19.1 Å². The van der Waals surface area contributed by atoms with Gasteiger partial charge >= 0.3 is 0 Å². The minimum Gasteiger partial charge on any atom is -0.379 e. The minimum absolute atomic E-state index is 0.314. The Labute approximate surface area is 134 Å². The van der Waals surface area contributed by atoms with E-state index >= 15 is 0 Å². The summed E-state index contributed by atoms with van der Waals surface area (Å²) in [5.74, 6) is 0.682. The molecule has 4 nitrogen and oxygen atoms in total. The third-order valence-electron chi connectivity index (χ3n) is 4.05. The van der Waals surface area contributed by atoms with Crippen LogP contribution < -0.4 is 0 Å². The summed E-state index contributed by atoms with van der Waals surface area (Å²) < 4.78 is 10.8. The molecule has 4 heteroatoms. The minimum atomic E-state index is 0.314. The predicted octanol–water partition coefficient (Wildman–Crippen LogP) is 3.85. The molecule has 1 rings (SSSR count). The van der Waals surface area contributed by atoms with Crippen molar-refractivity contribution in [2.24, 2.45) is 0 Å². The van der Waals surface area contributed by atoms with Crippen LogP contribution in [0.2, 0.25) is 0 Å². The zero-order valence-corrected chi connectivity index (χ0v) is 13.9. The number of ether oxygens (including phenoxy) is 2. The molecule has 1 heterocycles. The largest absolute Gasteiger partial charge is 0.379 e. The van der Waals surface area contributed by atoms with Gasteiger partial charge in [0.25, 0.3) is 0 Å². The molecule has 1 saturated heterocycles. The Bertz CT molecular complexity index is 247. The molecule has 0 amide bonds. The molecule has 1 aliphatic rings. The Morgan fingerprint density at radius 2 is 0.909 bits per heavy atom. The highest BCUT2D eigenvalue weighted by Gasteiger charge is 2.04. The van der Waals surface area contributed by atoms with Crippen molar-refractivity contribution in [3.8, 4) is 0 Å². The maximum absolute atomic E-state index is 11.7. The lowest BCUT2D eigenvalue weighted by molar-refractivity contribution is -0.120. The first kappa shape index (κ1) is 19.3. The van der Waals surface area contributed by atoms with Crippen LogP contribution in [0.1, 0.15) is 77.0 Å². The lowest BCUT2D eigenvalue weighted by atomic mass is 10.0. The molecule has 0 aromatic rings. The third kappa shape index (κ3) is 11.9. The summed E-state index contributed by atoms with van der Waals surface area (Å²) in [6.45, 7) is 2.19. The quantitative estimate of drug-likeness (QED) is 0.681. The van der Waals surface area contributed by atoms with Gasteiger partial charge in [0, 0.05) is 32.3 Å². The van der Waals surface area contributed by atoms with Crippen LogP contribution in [0.4, 0.5) is 0 Å². The van der Waals surface area contributed by atoms with Gasteiger partial charge in [-0.2, -0.15) is 0 Å². The predicted molar refractivity (Wildman–Crippen MR) is 87.1 cm³/mol. The fourth-order valence-corrected chi connectivity index (χ4v) is 2.66. The summed E-state index contributed by atoms with van der Waals surface area (Å²) in [4.78, 5) is 23.3. The van der Waals surface area contributed by atoms with Crippen LogP contribution in [-0.4, -0.2) is 38.0 Å². The van der Waals surface area contributed by atoms with Crippen LogP contribution in [0.5, 0.6) is 0 Å². The maximum atomic E-state index is 11.7. The van der Waals surface area contributed by atoms with Crippen LogP contribution in [0, 0.1) is 0 Å². The maximum Gasteiger partial charge on any atom is 0.135 e. The Kier molecular flexibility index (Phi) is 12.2. The molecule has 22 heavy (non-hydrogen) atoms. The number of carbonyl (C=O) groups excluding carboxylic acids is 2. The SMILES string of the molecule is O=C1CCCCCCCCCC(=O)CCOCCOCCC1. The molecule has 0 aromatic carbocycles. The van der Waals surface area contributed by atoms with Gasteiger partial charge in [-0.15, -0.1) is 0 Å². The standard InChI is InChI=1S/C18H32O4/c19-17-9-6-4-2-1-3-5-7-10-18(20)12-14-22-16-15-21-13-8-11-17/h1-16H2. The Morgan fingerprint density at radius 3 is 1.55 bits per heavy atom.